The van der Waals surface area contributed by atoms with E-state index in [4.69, 9.17) is 16.0 Å². The topological polar surface area (TPSA) is 43.9 Å². The second kappa shape index (κ2) is 8.29. The van der Waals surface area contributed by atoms with Gasteiger partial charge in [0.2, 0.25) is 5.82 Å². The Bertz CT molecular complexity index is 1030. The number of nitrogens with zero attached hydrogens (tertiary/aromatic N) is 3. The molecule has 0 radical (unpaired) electrons. The summed E-state index contributed by atoms with van der Waals surface area (Å²) >= 11 is 7.65. The van der Waals surface area contributed by atoms with Crippen LogP contribution in [0.25, 0.3) is 23.3 Å². The Balaban J connectivity index is 1.60. The van der Waals surface area contributed by atoms with Crippen LogP contribution in [0.5, 0.6) is 0 Å². The van der Waals surface area contributed by atoms with Crippen LogP contribution < -0.4 is 0 Å². The van der Waals surface area contributed by atoms with Crippen LogP contribution in [0.2, 0.25) is 5.02 Å². The van der Waals surface area contributed by atoms with Crippen molar-refractivity contribution in [3.8, 4) is 17.3 Å². The molecule has 0 unspecified atom stereocenters. The first-order valence-electron chi connectivity index (χ1n) is 8.41. The van der Waals surface area contributed by atoms with Gasteiger partial charge in [-0.2, -0.15) is 0 Å². The zero-order valence-corrected chi connectivity index (χ0v) is 15.9. The molecule has 0 aliphatic carbocycles. The van der Waals surface area contributed by atoms with Crippen LogP contribution in [0, 0.1) is 0 Å². The molecule has 0 N–H and O–H groups in total. The van der Waals surface area contributed by atoms with Crippen LogP contribution in [0.15, 0.2) is 88.6 Å². The Hall–Kier alpha value is -2.76. The molecular formula is C21H16ClN3OS. The minimum Gasteiger partial charge on any atom is -0.461 e. The van der Waals surface area contributed by atoms with Gasteiger partial charge in [-0.25, -0.2) is 0 Å². The molecule has 0 saturated heterocycles. The maximum Gasteiger partial charge on any atom is 0.205 e. The molecule has 0 atom stereocenters. The van der Waals surface area contributed by atoms with Crippen molar-refractivity contribution in [2.24, 2.45) is 0 Å². The zero-order valence-electron chi connectivity index (χ0n) is 14.3. The smallest absolute Gasteiger partial charge is 0.205 e. The fourth-order valence-corrected chi connectivity index (χ4v) is 3.51. The molecule has 4 aromatic rings. The predicted octanol–water partition coefficient (Wildman–Crippen LogP) is 5.99. The monoisotopic (exact) mass is 393 g/mol. The molecule has 0 aliphatic heterocycles. The molecule has 2 aromatic heterocycles. The first kappa shape index (κ1) is 17.6. The van der Waals surface area contributed by atoms with Crippen molar-refractivity contribution < 1.29 is 4.42 Å². The summed E-state index contributed by atoms with van der Waals surface area (Å²) in [5, 5.41) is 10.2. The average molecular weight is 394 g/mol. The molecule has 134 valence electrons. The van der Waals surface area contributed by atoms with Gasteiger partial charge in [0.05, 0.1) is 6.26 Å². The lowest BCUT2D eigenvalue weighted by molar-refractivity contribution is 0.575. The van der Waals surface area contributed by atoms with E-state index in [2.05, 4.69) is 34.5 Å². The van der Waals surface area contributed by atoms with Gasteiger partial charge in [0.1, 0.15) is 0 Å². The molecule has 0 bridgehead atoms. The normalized spacial score (nSPS) is 11.3. The van der Waals surface area contributed by atoms with Crippen molar-refractivity contribution in [3.05, 3.63) is 89.7 Å². The molecular weight excluding hydrogens is 378 g/mol. The predicted molar refractivity (Wildman–Crippen MR) is 110 cm³/mol. The number of aromatic nitrogens is 3. The second-order valence-corrected chi connectivity index (χ2v) is 7.14. The summed E-state index contributed by atoms with van der Waals surface area (Å²) < 4.78 is 7.51. The van der Waals surface area contributed by atoms with Crippen molar-refractivity contribution in [1.82, 2.24) is 14.8 Å². The third-order valence-electron chi connectivity index (χ3n) is 3.88. The van der Waals surface area contributed by atoms with Crippen LogP contribution in [0.1, 0.15) is 5.56 Å². The van der Waals surface area contributed by atoms with Crippen LogP contribution in [0.4, 0.5) is 0 Å². The molecule has 4 rings (SSSR count). The zero-order chi connectivity index (χ0) is 18.5. The molecule has 0 amide bonds. The minimum absolute atomic E-state index is 0.664. The maximum absolute atomic E-state index is 6.04. The van der Waals surface area contributed by atoms with Gasteiger partial charge in [-0.15, -0.1) is 10.2 Å². The van der Waals surface area contributed by atoms with Crippen LogP contribution >= 0.6 is 23.4 Å². The molecule has 0 spiro atoms. The molecule has 27 heavy (non-hydrogen) atoms. The van der Waals surface area contributed by atoms with Crippen molar-refractivity contribution in [1.29, 1.82) is 0 Å². The number of hydrogen-bond donors (Lipinski definition) is 0. The highest BCUT2D eigenvalue weighted by molar-refractivity contribution is 7.99. The van der Waals surface area contributed by atoms with Crippen LogP contribution in [0.3, 0.4) is 0 Å². The largest absolute Gasteiger partial charge is 0.461 e. The van der Waals surface area contributed by atoms with Gasteiger partial charge < -0.3 is 4.42 Å². The summed E-state index contributed by atoms with van der Waals surface area (Å²) in [5.74, 6) is 2.11. The average Bonchev–Trinajstić information content (AvgIpc) is 3.36. The Morgan fingerprint density at radius 2 is 1.78 bits per heavy atom. The highest BCUT2D eigenvalue weighted by atomic mass is 35.5. The summed E-state index contributed by atoms with van der Waals surface area (Å²) in [6.45, 7) is 0. The molecule has 4 nitrogen and oxygen atoms in total. The number of rotatable bonds is 6. The van der Waals surface area contributed by atoms with E-state index in [9.17, 15) is 0 Å². The Morgan fingerprint density at radius 3 is 2.52 bits per heavy atom. The van der Waals surface area contributed by atoms with E-state index in [1.165, 1.54) is 5.56 Å². The summed E-state index contributed by atoms with van der Waals surface area (Å²) in [6.07, 6.45) is 5.85. The second-order valence-electron chi connectivity index (χ2n) is 5.72. The summed E-state index contributed by atoms with van der Waals surface area (Å²) in [5.41, 5.74) is 2.11. The van der Waals surface area contributed by atoms with Crippen LogP contribution in [-0.2, 0) is 0 Å². The van der Waals surface area contributed by atoms with E-state index >= 15 is 0 Å². The third kappa shape index (κ3) is 4.15. The number of halogens is 1. The molecule has 0 aliphatic rings. The number of thioether (sulfide) groups is 1. The summed E-state index contributed by atoms with van der Waals surface area (Å²) in [4.78, 5) is 0. The lowest BCUT2D eigenvalue weighted by atomic mass is 10.2. The molecule has 2 aromatic carbocycles. The van der Waals surface area contributed by atoms with E-state index in [0.29, 0.717) is 16.6 Å². The van der Waals surface area contributed by atoms with Crippen molar-refractivity contribution in [3.63, 3.8) is 0 Å². The Labute approximate surface area is 166 Å². The Kier molecular flexibility index (Phi) is 5.42. The summed E-state index contributed by atoms with van der Waals surface area (Å²) in [6, 6.07) is 21.5. The first-order valence-corrected chi connectivity index (χ1v) is 9.77. The van der Waals surface area contributed by atoms with Gasteiger partial charge in [0.25, 0.3) is 0 Å². The first-order chi connectivity index (χ1) is 13.3. The molecule has 2 heterocycles. The fourth-order valence-electron chi connectivity index (χ4n) is 2.62. The minimum atomic E-state index is 0.664. The highest BCUT2D eigenvalue weighted by Crippen LogP contribution is 2.29. The third-order valence-corrected chi connectivity index (χ3v) is 5.01. The lowest BCUT2D eigenvalue weighted by Gasteiger charge is -2.08. The van der Waals surface area contributed by atoms with Crippen molar-refractivity contribution >= 4 is 29.4 Å². The van der Waals surface area contributed by atoms with E-state index in [-0.39, 0.29) is 0 Å². The van der Waals surface area contributed by atoms with Gasteiger partial charge in [0.15, 0.2) is 10.9 Å². The highest BCUT2D eigenvalue weighted by Gasteiger charge is 2.17. The fraction of sp³-hybridized carbons (Fsp3) is 0.0476. The van der Waals surface area contributed by atoms with Gasteiger partial charge >= 0.3 is 0 Å². The van der Waals surface area contributed by atoms with Crippen molar-refractivity contribution in [2.45, 2.75) is 5.16 Å². The summed E-state index contributed by atoms with van der Waals surface area (Å²) in [7, 11) is 0. The van der Waals surface area contributed by atoms with Crippen molar-refractivity contribution in [2.75, 3.05) is 5.75 Å². The quantitative estimate of drug-likeness (QED) is 0.377. The van der Waals surface area contributed by atoms with Gasteiger partial charge in [0, 0.05) is 16.5 Å². The number of hydrogen-bond acceptors (Lipinski definition) is 4. The molecule has 0 saturated carbocycles. The van der Waals surface area contributed by atoms with E-state index in [1.54, 1.807) is 18.0 Å². The SMILES string of the molecule is Clc1ccc(-n2c(SCC=Cc3ccccc3)nnc2-c2ccco2)cc1. The van der Waals surface area contributed by atoms with Gasteiger partial charge in [-0.1, -0.05) is 65.8 Å². The maximum atomic E-state index is 6.04. The Morgan fingerprint density at radius 1 is 0.963 bits per heavy atom. The van der Waals surface area contributed by atoms with E-state index in [1.807, 2.05) is 59.2 Å². The van der Waals surface area contributed by atoms with Crippen LogP contribution in [-0.4, -0.2) is 20.5 Å². The van der Waals surface area contributed by atoms with E-state index < -0.39 is 0 Å². The number of furan rings is 1. The lowest BCUT2D eigenvalue weighted by Crippen LogP contribution is -1.99. The van der Waals surface area contributed by atoms with E-state index in [0.717, 1.165) is 16.6 Å². The van der Waals surface area contributed by atoms with Gasteiger partial charge in [-0.3, -0.25) is 4.57 Å². The number of benzene rings is 2. The molecule has 0 fully saturated rings. The van der Waals surface area contributed by atoms with Gasteiger partial charge in [-0.05, 0) is 42.0 Å². The standard InChI is InChI=1S/C21H16ClN3OS/c22-17-10-12-18(13-11-17)25-20(19-9-4-14-26-19)23-24-21(25)27-15-5-8-16-6-2-1-3-7-16/h1-14H,15H2. The molecule has 6 heteroatoms.